The highest BCUT2D eigenvalue weighted by atomic mass is 16.5. The van der Waals surface area contributed by atoms with Crippen molar-refractivity contribution in [3.63, 3.8) is 0 Å². The second-order valence-electron chi connectivity index (χ2n) is 5.33. The van der Waals surface area contributed by atoms with Crippen LogP contribution in [0.4, 0.5) is 5.95 Å². The monoisotopic (exact) mass is 263 g/mol. The molecule has 0 saturated heterocycles. The third-order valence-corrected chi connectivity index (χ3v) is 3.45. The summed E-state index contributed by atoms with van der Waals surface area (Å²) in [6.07, 6.45) is 8.93. The molecular weight excluding hydrogens is 238 g/mol. The van der Waals surface area contributed by atoms with Crippen molar-refractivity contribution in [2.24, 2.45) is 0 Å². The van der Waals surface area contributed by atoms with E-state index in [0.717, 1.165) is 37.4 Å². The van der Waals surface area contributed by atoms with Gasteiger partial charge in [-0.25, -0.2) is 4.98 Å². The summed E-state index contributed by atoms with van der Waals surface area (Å²) >= 11 is 0. The molecule has 106 valence electrons. The van der Waals surface area contributed by atoms with Gasteiger partial charge in [0.2, 0.25) is 11.8 Å². The lowest BCUT2D eigenvalue weighted by atomic mass is 10.1. The van der Waals surface area contributed by atoms with Crippen molar-refractivity contribution in [2.45, 2.75) is 64.9 Å². The molecule has 19 heavy (non-hydrogen) atoms. The molecule has 1 aromatic heterocycles. The molecular formula is C15H25N3O. The molecule has 0 unspecified atom stereocenters. The Hall–Kier alpha value is -1.32. The van der Waals surface area contributed by atoms with E-state index in [9.17, 15) is 0 Å². The smallest absolute Gasteiger partial charge is 0.226 e. The van der Waals surface area contributed by atoms with Crippen LogP contribution in [0.3, 0.4) is 0 Å². The quantitative estimate of drug-likeness (QED) is 0.823. The Balaban J connectivity index is 1.99. The van der Waals surface area contributed by atoms with Crippen LogP contribution in [0.15, 0.2) is 6.07 Å². The lowest BCUT2D eigenvalue weighted by molar-refractivity contribution is 0.176. The zero-order chi connectivity index (χ0) is 13.5. The van der Waals surface area contributed by atoms with Gasteiger partial charge in [-0.3, -0.25) is 0 Å². The number of aryl methyl sites for hydroxylation is 1. The number of hydrogen-bond acceptors (Lipinski definition) is 4. The zero-order valence-corrected chi connectivity index (χ0v) is 12.1. The van der Waals surface area contributed by atoms with E-state index >= 15 is 0 Å². The minimum Gasteiger partial charge on any atom is -0.474 e. The van der Waals surface area contributed by atoms with Gasteiger partial charge in [-0.05, 0) is 39.0 Å². The van der Waals surface area contributed by atoms with Crippen LogP contribution in [0.25, 0.3) is 0 Å². The van der Waals surface area contributed by atoms with E-state index in [-0.39, 0.29) is 0 Å². The van der Waals surface area contributed by atoms with E-state index in [0.29, 0.717) is 12.1 Å². The highest BCUT2D eigenvalue weighted by Crippen LogP contribution is 2.22. The first kappa shape index (κ1) is 14.1. The maximum atomic E-state index is 6.05. The van der Waals surface area contributed by atoms with E-state index < -0.39 is 0 Å². The summed E-state index contributed by atoms with van der Waals surface area (Å²) < 4.78 is 6.05. The van der Waals surface area contributed by atoms with Crippen molar-refractivity contribution in [3.05, 3.63) is 11.8 Å². The predicted molar refractivity (Wildman–Crippen MR) is 77.7 cm³/mol. The third-order valence-electron chi connectivity index (χ3n) is 3.45. The number of nitrogens with one attached hydrogen (secondary N) is 1. The Morgan fingerprint density at radius 2 is 1.95 bits per heavy atom. The predicted octanol–water partition coefficient (Wildman–Crippen LogP) is 3.71. The van der Waals surface area contributed by atoms with E-state index in [1.807, 2.05) is 13.0 Å². The Morgan fingerprint density at radius 1 is 1.21 bits per heavy atom. The van der Waals surface area contributed by atoms with Crippen LogP contribution in [0.2, 0.25) is 0 Å². The fraction of sp³-hybridized carbons (Fsp3) is 0.733. The Bertz CT molecular complexity index is 387. The van der Waals surface area contributed by atoms with Crippen LogP contribution >= 0.6 is 0 Å². The average Bonchev–Trinajstić information content (AvgIpc) is 2.64. The minimum atomic E-state index is 0.329. The van der Waals surface area contributed by atoms with Gasteiger partial charge in [-0.1, -0.05) is 19.8 Å². The average molecular weight is 263 g/mol. The molecule has 1 aliphatic carbocycles. The summed E-state index contributed by atoms with van der Waals surface area (Å²) in [6.45, 7) is 5.01. The van der Waals surface area contributed by atoms with Gasteiger partial charge in [0, 0.05) is 18.3 Å². The van der Waals surface area contributed by atoms with Crippen LogP contribution in [0.1, 0.15) is 57.6 Å². The highest BCUT2D eigenvalue weighted by molar-refractivity contribution is 5.30. The molecule has 0 spiro atoms. The lowest BCUT2D eigenvalue weighted by Gasteiger charge is -2.17. The topological polar surface area (TPSA) is 47.0 Å². The van der Waals surface area contributed by atoms with Gasteiger partial charge in [0.15, 0.2) is 0 Å². The van der Waals surface area contributed by atoms with Crippen LogP contribution in [-0.4, -0.2) is 22.6 Å². The third kappa shape index (κ3) is 4.69. The van der Waals surface area contributed by atoms with Gasteiger partial charge in [0.05, 0.1) is 0 Å². The molecule has 0 aliphatic heterocycles. The summed E-state index contributed by atoms with van der Waals surface area (Å²) in [5.41, 5.74) is 0.956. The summed E-state index contributed by atoms with van der Waals surface area (Å²) in [7, 11) is 0. The summed E-state index contributed by atoms with van der Waals surface area (Å²) in [6, 6.07) is 1.93. The van der Waals surface area contributed by atoms with Crippen molar-refractivity contribution < 1.29 is 4.74 Å². The molecule has 0 amide bonds. The molecule has 1 N–H and O–H groups in total. The van der Waals surface area contributed by atoms with Crippen LogP contribution in [-0.2, 0) is 0 Å². The van der Waals surface area contributed by atoms with Crippen LogP contribution < -0.4 is 10.1 Å². The molecule has 1 saturated carbocycles. The first-order valence-corrected chi connectivity index (χ1v) is 7.54. The van der Waals surface area contributed by atoms with Gasteiger partial charge in [0.25, 0.3) is 0 Å². The molecule has 0 radical (unpaired) electrons. The summed E-state index contributed by atoms with van der Waals surface area (Å²) in [5, 5.41) is 3.22. The number of anilines is 1. The number of rotatable bonds is 5. The number of nitrogens with zero attached hydrogens (tertiary/aromatic N) is 2. The van der Waals surface area contributed by atoms with E-state index in [2.05, 4.69) is 22.2 Å². The normalized spacial score (nSPS) is 16.9. The second kappa shape index (κ2) is 7.31. The second-order valence-corrected chi connectivity index (χ2v) is 5.33. The fourth-order valence-electron chi connectivity index (χ4n) is 2.45. The van der Waals surface area contributed by atoms with Crippen molar-refractivity contribution in [3.8, 4) is 5.88 Å². The number of ether oxygens (including phenoxy) is 1. The Kier molecular flexibility index (Phi) is 5.43. The van der Waals surface area contributed by atoms with Crippen LogP contribution in [0, 0.1) is 6.92 Å². The molecule has 1 aliphatic rings. The number of hydrogen-bond donors (Lipinski definition) is 1. The number of aromatic nitrogens is 2. The van der Waals surface area contributed by atoms with Gasteiger partial charge in [-0.15, -0.1) is 0 Å². The molecule has 1 fully saturated rings. The molecule has 0 aromatic carbocycles. The molecule has 1 heterocycles. The van der Waals surface area contributed by atoms with E-state index in [1.54, 1.807) is 0 Å². The first-order valence-electron chi connectivity index (χ1n) is 7.54. The van der Waals surface area contributed by atoms with Gasteiger partial charge < -0.3 is 10.1 Å². The summed E-state index contributed by atoms with van der Waals surface area (Å²) in [5.74, 6) is 1.41. The van der Waals surface area contributed by atoms with Crippen molar-refractivity contribution in [1.82, 2.24) is 9.97 Å². The van der Waals surface area contributed by atoms with Crippen molar-refractivity contribution in [1.29, 1.82) is 0 Å². The molecule has 1 aromatic rings. The maximum absolute atomic E-state index is 6.05. The first-order chi connectivity index (χ1) is 9.28. The molecule has 0 bridgehead atoms. The lowest BCUT2D eigenvalue weighted by Crippen LogP contribution is -2.16. The highest BCUT2D eigenvalue weighted by Gasteiger charge is 2.15. The molecule has 4 nitrogen and oxygen atoms in total. The van der Waals surface area contributed by atoms with Gasteiger partial charge in [0.1, 0.15) is 6.10 Å². The van der Waals surface area contributed by atoms with Gasteiger partial charge >= 0.3 is 0 Å². The maximum Gasteiger partial charge on any atom is 0.226 e. The zero-order valence-electron chi connectivity index (χ0n) is 12.1. The SMILES string of the molecule is CCCNc1nc(C)cc(OC2CCCCCC2)n1. The Morgan fingerprint density at radius 3 is 2.63 bits per heavy atom. The van der Waals surface area contributed by atoms with Crippen LogP contribution in [0.5, 0.6) is 5.88 Å². The fourth-order valence-corrected chi connectivity index (χ4v) is 2.45. The van der Waals surface area contributed by atoms with Crippen molar-refractivity contribution in [2.75, 3.05) is 11.9 Å². The van der Waals surface area contributed by atoms with E-state index in [1.165, 1.54) is 25.7 Å². The molecule has 2 rings (SSSR count). The van der Waals surface area contributed by atoms with Crippen molar-refractivity contribution >= 4 is 5.95 Å². The van der Waals surface area contributed by atoms with Gasteiger partial charge in [-0.2, -0.15) is 4.98 Å². The molecule has 0 atom stereocenters. The largest absolute Gasteiger partial charge is 0.474 e. The van der Waals surface area contributed by atoms with E-state index in [4.69, 9.17) is 4.74 Å². The Labute approximate surface area is 116 Å². The molecule has 4 heteroatoms. The summed E-state index contributed by atoms with van der Waals surface area (Å²) in [4.78, 5) is 8.83. The standard InChI is InChI=1S/C15H25N3O/c1-3-10-16-15-17-12(2)11-14(18-15)19-13-8-6-4-5-7-9-13/h11,13H,3-10H2,1-2H3,(H,16,17,18). The minimum absolute atomic E-state index is 0.329.